The molecule has 1 aromatic rings. The lowest BCUT2D eigenvalue weighted by Crippen LogP contribution is -2.38. The van der Waals surface area contributed by atoms with E-state index in [9.17, 15) is 14.4 Å². The molecule has 1 aliphatic carbocycles. The highest BCUT2D eigenvalue weighted by Crippen LogP contribution is 2.35. The summed E-state index contributed by atoms with van der Waals surface area (Å²) in [6.07, 6.45) is 5.27. The minimum absolute atomic E-state index is 0.00819. The quantitative estimate of drug-likeness (QED) is 0.532. The zero-order valence-electron chi connectivity index (χ0n) is 17.3. The molecule has 0 spiro atoms. The van der Waals surface area contributed by atoms with E-state index in [1.807, 2.05) is 55.4 Å². The number of rotatable bonds is 8. The predicted molar refractivity (Wildman–Crippen MR) is 109 cm³/mol. The van der Waals surface area contributed by atoms with Crippen molar-refractivity contribution in [3.63, 3.8) is 0 Å². The predicted octanol–water partition coefficient (Wildman–Crippen LogP) is 1.76. The maximum Gasteiger partial charge on any atom is 0.233 e. The lowest BCUT2D eigenvalue weighted by molar-refractivity contribution is -0.140. The second kappa shape index (κ2) is 9.22. The average molecular weight is 399 g/mol. The molecule has 1 heterocycles. The molecule has 29 heavy (non-hydrogen) atoms. The third-order valence-electron chi connectivity index (χ3n) is 5.78. The zero-order chi connectivity index (χ0) is 21.0. The lowest BCUT2D eigenvalue weighted by Gasteiger charge is -2.25. The average Bonchev–Trinajstić information content (AvgIpc) is 2.97. The van der Waals surface area contributed by atoms with Crippen LogP contribution in [0.3, 0.4) is 0 Å². The van der Waals surface area contributed by atoms with Gasteiger partial charge in [-0.25, -0.2) is 0 Å². The summed E-state index contributed by atoms with van der Waals surface area (Å²) in [6, 6.07) is 7.76. The van der Waals surface area contributed by atoms with Gasteiger partial charge in [0.25, 0.3) is 0 Å². The molecule has 0 saturated carbocycles. The van der Waals surface area contributed by atoms with Crippen molar-refractivity contribution in [1.29, 1.82) is 0 Å². The minimum atomic E-state index is -0.247. The number of nitrogens with zero attached hydrogens (tertiary/aromatic N) is 2. The highest BCUT2D eigenvalue weighted by molar-refractivity contribution is 6.05. The molecular weight excluding hydrogens is 370 g/mol. The van der Waals surface area contributed by atoms with Crippen molar-refractivity contribution < 1.29 is 19.1 Å². The number of allylic oxidation sites excluding steroid dienone is 2. The molecule has 1 N–H and O–H groups in total. The number of methoxy groups -OCH3 is 1. The second-order valence-electron chi connectivity index (χ2n) is 7.79. The van der Waals surface area contributed by atoms with Gasteiger partial charge in [0.15, 0.2) is 0 Å². The van der Waals surface area contributed by atoms with Crippen LogP contribution in [0.4, 0.5) is 0 Å². The van der Waals surface area contributed by atoms with Crippen molar-refractivity contribution in [2.45, 2.75) is 25.3 Å². The molecule has 7 nitrogen and oxygen atoms in total. The topological polar surface area (TPSA) is 79.0 Å². The van der Waals surface area contributed by atoms with E-state index in [0.717, 1.165) is 11.3 Å². The van der Waals surface area contributed by atoms with Gasteiger partial charge < -0.3 is 15.0 Å². The van der Waals surface area contributed by atoms with Crippen LogP contribution in [0, 0.1) is 11.8 Å². The maximum atomic E-state index is 12.5. The number of nitrogens with one attached hydrogen (secondary N) is 1. The Balaban J connectivity index is 1.52. The Kier molecular flexibility index (Phi) is 6.69. The van der Waals surface area contributed by atoms with Crippen LogP contribution in [0.25, 0.3) is 0 Å². The number of benzene rings is 1. The van der Waals surface area contributed by atoms with Crippen LogP contribution in [-0.4, -0.2) is 61.8 Å². The Bertz CT molecular complexity index is 762. The van der Waals surface area contributed by atoms with Gasteiger partial charge in [0, 0.05) is 19.5 Å². The molecule has 0 bridgehead atoms. The number of fused-ring (bicyclic) bond motifs is 1. The van der Waals surface area contributed by atoms with E-state index in [2.05, 4.69) is 5.32 Å². The van der Waals surface area contributed by atoms with Gasteiger partial charge in [0.1, 0.15) is 5.75 Å². The smallest absolute Gasteiger partial charge is 0.233 e. The number of hydrogen-bond donors (Lipinski definition) is 1. The summed E-state index contributed by atoms with van der Waals surface area (Å²) >= 11 is 0. The summed E-state index contributed by atoms with van der Waals surface area (Å²) in [5.74, 6) is -0.152. The minimum Gasteiger partial charge on any atom is -0.497 e. The first-order valence-electron chi connectivity index (χ1n) is 9.99. The Labute approximate surface area is 171 Å². The van der Waals surface area contributed by atoms with Crippen LogP contribution >= 0.6 is 0 Å². The molecule has 1 saturated heterocycles. The monoisotopic (exact) mass is 399 g/mol. The molecule has 1 aliphatic heterocycles. The van der Waals surface area contributed by atoms with Crippen molar-refractivity contribution in [2.75, 3.05) is 34.3 Å². The molecule has 2 aliphatic rings. The fourth-order valence-corrected chi connectivity index (χ4v) is 4.03. The Morgan fingerprint density at radius 1 is 1.14 bits per heavy atom. The van der Waals surface area contributed by atoms with Gasteiger partial charge in [-0.3, -0.25) is 19.3 Å². The fourth-order valence-electron chi connectivity index (χ4n) is 4.03. The Hall–Kier alpha value is -2.67. The Morgan fingerprint density at radius 3 is 2.24 bits per heavy atom. The number of ether oxygens (including phenoxy) is 1. The fraction of sp³-hybridized carbons (Fsp3) is 0.500. The number of likely N-dealkylation sites (N-methyl/N-ethyl adjacent to an activating group) is 1. The number of amides is 3. The molecule has 0 unspecified atom stereocenters. The van der Waals surface area contributed by atoms with E-state index in [1.165, 1.54) is 4.90 Å². The first-order valence-corrected chi connectivity index (χ1v) is 9.99. The van der Waals surface area contributed by atoms with Gasteiger partial charge in [0.05, 0.1) is 25.0 Å². The van der Waals surface area contributed by atoms with Crippen molar-refractivity contribution in [3.8, 4) is 5.75 Å². The van der Waals surface area contributed by atoms with Crippen LogP contribution < -0.4 is 10.1 Å². The highest BCUT2D eigenvalue weighted by Gasteiger charge is 2.46. The van der Waals surface area contributed by atoms with E-state index in [4.69, 9.17) is 4.74 Å². The molecule has 0 aromatic heterocycles. The van der Waals surface area contributed by atoms with Crippen LogP contribution in [0.15, 0.2) is 36.4 Å². The van der Waals surface area contributed by atoms with E-state index in [1.54, 1.807) is 7.11 Å². The van der Waals surface area contributed by atoms with Gasteiger partial charge in [-0.15, -0.1) is 0 Å². The third-order valence-corrected chi connectivity index (χ3v) is 5.78. The van der Waals surface area contributed by atoms with E-state index < -0.39 is 0 Å². The molecule has 1 aromatic carbocycles. The summed E-state index contributed by atoms with van der Waals surface area (Å²) in [5, 5.41) is 2.93. The normalized spacial score (nSPS) is 22.0. The molecule has 3 atom stereocenters. The third kappa shape index (κ3) is 4.67. The summed E-state index contributed by atoms with van der Waals surface area (Å²) in [6.45, 7) is 0.584. The lowest BCUT2D eigenvalue weighted by atomic mass is 9.85. The number of likely N-dealkylation sites (tertiary alicyclic amines) is 1. The highest BCUT2D eigenvalue weighted by atomic mass is 16.5. The van der Waals surface area contributed by atoms with Crippen LogP contribution in [0.5, 0.6) is 5.75 Å². The first-order chi connectivity index (χ1) is 13.9. The van der Waals surface area contributed by atoms with Gasteiger partial charge in [0.2, 0.25) is 17.7 Å². The summed E-state index contributed by atoms with van der Waals surface area (Å²) in [4.78, 5) is 40.6. The summed E-state index contributed by atoms with van der Waals surface area (Å²) < 4.78 is 5.19. The van der Waals surface area contributed by atoms with Crippen molar-refractivity contribution in [1.82, 2.24) is 15.1 Å². The molecule has 7 heteroatoms. The first kappa shape index (κ1) is 21.0. The van der Waals surface area contributed by atoms with E-state index in [0.29, 0.717) is 19.4 Å². The molecule has 3 rings (SSSR count). The molecule has 0 radical (unpaired) electrons. The number of imide groups is 1. The van der Waals surface area contributed by atoms with Gasteiger partial charge in [-0.1, -0.05) is 24.3 Å². The number of carbonyl (C=O) groups excluding carboxylic acids is 3. The van der Waals surface area contributed by atoms with E-state index >= 15 is 0 Å². The van der Waals surface area contributed by atoms with E-state index in [-0.39, 0.29) is 48.6 Å². The molecule has 156 valence electrons. The van der Waals surface area contributed by atoms with Gasteiger partial charge in [-0.05, 0) is 44.6 Å². The SMILES string of the molecule is COc1ccc([C@H](CNC(=O)CCN2C(=O)[C@@H]3CC=CC[C@H]3C2=O)N(C)C)cc1. The standard InChI is InChI=1S/C22H29N3O4/c1-24(2)19(15-8-10-16(29-3)11-9-15)14-23-20(26)12-13-25-21(27)17-6-4-5-7-18(17)22(25)28/h4-5,8-11,17-19H,6-7,12-14H2,1-3H3,(H,23,26)/t17-,18-,19+/m1/s1. The van der Waals surface area contributed by atoms with Crippen LogP contribution in [0.1, 0.15) is 30.9 Å². The van der Waals surface area contributed by atoms with Gasteiger partial charge >= 0.3 is 0 Å². The second-order valence-corrected chi connectivity index (χ2v) is 7.79. The molecule has 1 fully saturated rings. The zero-order valence-corrected chi connectivity index (χ0v) is 17.3. The number of carbonyl (C=O) groups is 3. The maximum absolute atomic E-state index is 12.5. The molecule has 3 amide bonds. The number of hydrogen-bond acceptors (Lipinski definition) is 5. The molecular formula is C22H29N3O4. The van der Waals surface area contributed by atoms with Crippen LogP contribution in [-0.2, 0) is 14.4 Å². The van der Waals surface area contributed by atoms with Gasteiger partial charge in [-0.2, -0.15) is 0 Å². The van der Waals surface area contributed by atoms with Crippen LogP contribution in [0.2, 0.25) is 0 Å². The van der Waals surface area contributed by atoms with Crippen molar-refractivity contribution in [3.05, 3.63) is 42.0 Å². The van der Waals surface area contributed by atoms with Crippen molar-refractivity contribution in [2.24, 2.45) is 11.8 Å². The van der Waals surface area contributed by atoms with Crippen molar-refractivity contribution >= 4 is 17.7 Å². The summed E-state index contributed by atoms with van der Waals surface area (Å²) in [7, 11) is 5.54. The Morgan fingerprint density at radius 2 is 1.72 bits per heavy atom. The largest absolute Gasteiger partial charge is 0.497 e. The summed E-state index contributed by atoms with van der Waals surface area (Å²) in [5.41, 5.74) is 1.07.